The van der Waals surface area contributed by atoms with Crippen molar-refractivity contribution < 1.29 is 14.3 Å². The van der Waals surface area contributed by atoms with E-state index < -0.39 is 5.91 Å². The minimum Gasteiger partial charge on any atom is -0.495 e. The van der Waals surface area contributed by atoms with Crippen molar-refractivity contribution in [1.29, 1.82) is 0 Å². The van der Waals surface area contributed by atoms with Gasteiger partial charge in [-0.1, -0.05) is 54.1 Å². The molecule has 1 heterocycles. The molecule has 204 valence electrons. The first kappa shape index (κ1) is 27.9. The molecule has 1 fully saturated rings. The Hall–Kier alpha value is -3.66. The van der Waals surface area contributed by atoms with Gasteiger partial charge >= 0.3 is 0 Å². The summed E-state index contributed by atoms with van der Waals surface area (Å²) in [6.45, 7) is 2.55. The molecular formula is C30H26BrClN4O3S. The molecule has 0 radical (unpaired) electrons. The summed E-state index contributed by atoms with van der Waals surface area (Å²) in [5.74, 6) is 0.0681. The maximum Gasteiger partial charge on any atom is 0.261 e. The normalized spacial score (nSPS) is 13.2. The van der Waals surface area contributed by atoms with Crippen LogP contribution in [0.15, 0.2) is 83.3 Å². The van der Waals surface area contributed by atoms with E-state index in [1.54, 1.807) is 12.1 Å². The van der Waals surface area contributed by atoms with Crippen molar-refractivity contribution in [3.05, 3.63) is 99.5 Å². The number of carbonyl (C=O) groups is 2. The van der Waals surface area contributed by atoms with Gasteiger partial charge in [0.1, 0.15) is 5.75 Å². The number of carbonyl (C=O) groups excluding carboxylic acids is 2. The third-order valence-electron chi connectivity index (χ3n) is 6.75. The van der Waals surface area contributed by atoms with Gasteiger partial charge in [-0.05, 0) is 75.3 Å². The molecule has 1 aliphatic rings. The monoisotopic (exact) mass is 636 g/mol. The predicted octanol–water partition coefficient (Wildman–Crippen LogP) is 6.35. The smallest absolute Gasteiger partial charge is 0.261 e. The molecule has 1 saturated heterocycles. The second kappa shape index (κ2) is 12.2. The minimum atomic E-state index is -0.397. The molecule has 2 amide bonds. The summed E-state index contributed by atoms with van der Waals surface area (Å²) in [7, 11) is 1.52. The molecule has 10 heteroatoms. The van der Waals surface area contributed by atoms with Crippen molar-refractivity contribution in [1.82, 2.24) is 10.2 Å². The maximum absolute atomic E-state index is 13.1. The summed E-state index contributed by atoms with van der Waals surface area (Å²) in [5, 5.41) is 8.27. The average Bonchev–Trinajstić information content (AvgIpc) is 2.97. The van der Waals surface area contributed by atoms with Crippen LogP contribution < -0.4 is 20.3 Å². The Labute approximate surface area is 251 Å². The summed E-state index contributed by atoms with van der Waals surface area (Å²) < 4.78 is 6.22. The predicted molar refractivity (Wildman–Crippen MR) is 168 cm³/mol. The standard InChI is InChI=1S/C30H26BrClN4O3S/c1-39-27-23(17-20-9-5-6-10-22(20)26(27)31)28(37)34-30(40)33-21-11-12-25(24(32)18-21)35-13-15-36(16-14-35)29(38)19-7-3-2-4-8-19/h2-12,17-18H,13-16H2,1H3,(H2,33,34,37,40). The van der Waals surface area contributed by atoms with Crippen LogP contribution in [0.25, 0.3) is 10.8 Å². The fourth-order valence-electron chi connectivity index (χ4n) is 4.74. The highest BCUT2D eigenvalue weighted by atomic mass is 79.9. The van der Waals surface area contributed by atoms with E-state index in [0.29, 0.717) is 58.2 Å². The lowest BCUT2D eigenvalue weighted by Crippen LogP contribution is -2.48. The Balaban J connectivity index is 1.21. The van der Waals surface area contributed by atoms with Gasteiger partial charge in [0.15, 0.2) is 5.11 Å². The Kier molecular flexibility index (Phi) is 8.54. The number of hydrogen-bond acceptors (Lipinski definition) is 5. The molecule has 2 N–H and O–H groups in total. The van der Waals surface area contributed by atoms with E-state index in [1.165, 1.54) is 7.11 Å². The number of methoxy groups -OCH3 is 1. The van der Waals surface area contributed by atoms with Crippen molar-refractivity contribution in [2.24, 2.45) is 0 Å². The number of halogens is 2. The minimum absolute atomic E-state index is 0.0371. The number of fused-ring (bicyclic) bond motifs is 1. The van der Waals surface area contributed by atoms with Crippen LogP contribution in [-0.4, -0.2) is 55.1 Å². The molecule has 5 rings (SSSR count). The zero-order valence-electron chi connectivity index (χ0n) is 21.6. The lowest BCUT2D eigenvalue weighted by molar-refractivity contribution is 0.0746. The number of anilines is 2. The average molecular weight is 638 g/mol. The zero-order valence-corrected chi connectivity index (χ0v) is 24.8. The summed E-state index contributed by atoms with van der Waals surface area (Å²) in [6, 6.07) is 24.3. The van der Waals surface area contributed by atoms with Crippen molar-refractivity contribution in [2.45, 2.75) is 0 Å². The van der Waals surface area contributed by atoms with E-state index in [0.717, 1.165) is 16.5 Å². The molecule has 0 atom stereocenters. The lowest BCUT2D eigenvalue weighted by Gasteiger charge is -2.36. The zero-order chi connectivity index (χ0) is 28.2. The summed E-state index contributed by atoms with van der Waals surface area (Å²) in [4.78, 5) is 29.9. The molecule has 0 aliphatic carbocycles. The second-order valence-electron chi connectivity index (χ2n) is 9.21. The van der Waals surface area contributed by atoms with Gasteiger partial charge in [0.05, 0.1) is 27.9 Å². The van der Waals surface area contributed by atoms with Crippen molar-refractivity contribution >= 4 is 78.8 Å². The third kappa shape index (κ3) is 5.91. The van der Waals surface area contributed by atoms with E-state index in [4.69, 9.17) is 28.6 Å². The lowest BCUT2D eigenvalue weighted by atomic mass is 10.1. The van der Waals surface area contributed by atoms with Gasteiger partial charge in [-0.2, -0.15) is 0 Å². The molecule has 0 spiro atoms. The Bertz CT molecular complexity index is 1590. The highest BCUT2D eigenvalue weighted by Crippen LogP contribution is 2.36. The van der Waals surface area contributed by atoms with Crippen LogP contribution in [0.5, 0.6) is 5.75 Å². The number of rotatable bonds is 5. The van der Waals surface area contributed by atoms with E-state index in [1.807, 2.05) is 71.6 Å². The largest absolute Gasteiger partial charge is 0.495 e. The molecule has 4 aromatic carbocycles. The molecular weight excluding hydrogens is 612 g/mol. The van der Waals surface area contributed by atoms with Crippen molar-refractivity contribution in [3.63, 3.8) is 0 Å². The van der Waals surface area contributed by atoms with Crippen LogP contribution in [0.4, 0.5) is 11.4 Å². The van der Waals surface area contributed by atoms with E-state index in [2.05, 4.69) is 31.5 Å². The molecule has 0 saturated carbocycles. The quantitative estimate of drug-likeness (QED) is 0.249. The van der Waals surface area contributed by atoms with Gasteiger partial charge in [0, 0.05) is 37.4 Å². The van der Waals surface area contributed by atoms with Gasteiger partial charge in [-0.15, -0.1) is 0 Å². The molecule has 0 unspecified atom stereocenters. The molecule has 0 aromatic heterocycles. The van der Waals surface area contributed by atoms with Gasteiger partial charge in [0.2, 0.25) is 0 Å². The van der Waals surface area contributed by atoms with Gasteiger partial charge in [0.25, 0.3) is 11.8 Å². The summed E-state index contributed by atoms with van der Waals surface area (Å²) in [5.41, 5.74) is 2.57. The number of benzene rings is 4. The first-order chi connectivity index (χ1) is 19.4. The fraction of sp³-hybridized carbons (Fsp3) is 0.167. The molecule has 0 bridgehead atoms. The number of thiocarbonyl (C=S) groups is 1. The van der Waals surface area contributed by atoms with E-state index in [9.17, 15) is 9.59 Å². The molecule has 1 aliphatic heterocycles. The molecule has 4 aromatic rings. The van der Waals surface area contributed by atoms with Crippen LogP contribution in [0, 0.1) is 0 Å². The number of amides is 2. The summed E-state index contributed by atoms with van der Waals surface area (Å²) >= 11 is 15.6. The SMILES string of the molecule is COc1c(C(=O)NC(=S)Nc2ccc(N3CCN(C(=O)c4ccccc4)CC3)c(Cl)c2)cc2ccccc2c1Br. The van der Waals surface area contributed by atoms with Crippen molar-refractivity contribution in [3.8, 4) is 5.75 Å². The first-order valence-electron chi connectivity index (χ1n) is 12.6. The molecule has 40 heavy (non-hydrogen) atoms. The van der Waals surface area contributed by atoms with Gasteiger partial charge in [-0.25, -0.2) is 0 Å². The van der Waals surface area contributed by atoms with Gasteiger partial charge < -0.3 is 19.9 Å². The number of nitrogens with zero attached hydrogens (tertiary/aromatic N) is 2. The van der Waals surface area contributed by atoms with E-state index in [-0.39, 0.29) is 11.0 Å². The first-order valence-corrected chi connectivity index (χ1v) is 14.2. The molecule has 7 nitrogen and oxygen atoms in total. The second-order valence-corrected chi connectivity index (χ2v) is 10.8. The number of hydrogen-bond donors (Lipinski definition) is 2. The fourth-order valence-corrected chi connectivity index (χ4v) is 5.99. The van der Waals surface area contributed by atoms with Gasteiger partial charge in [-0.3, -0.25) is 14.9 Å². The maximum atomic E-state index is 13.1. The van der Waals surface area contributed by atoms with Crippen LogP contribution in [0.2, 0.25) is 5.02 Å². The topological polar surface area (TPSA) is 73.9 Å². The highest BCUT2D eigenvalue weighted by Gasteiger charge is 2.24. The number of nitrogens with one attached hydrogen (secondary N) is 2. The Morgan fingerprint density at radius 2 is 1.65 bits per heavy atom. The highest BCUT2D eigenvalue weighted by molar-refractivity contribution is 9.10. The Morgan fingerprint density at radius 3 is 2.35 bits per heavy atom. The van der Waals surface area contributed by atoms with Crippen LogP contribution in [0.3, 0.4) is 0 Å². The van der Waals surface area contributed by atoms with Crippen LogP contribution >= 0.6 is 39.7 Å². The number of ether oxygens (including phenoxy) is 1. The number of piperazine rings is 1. The van der Waals surface area contributed by atoms with Crippen LogP contribution in [-0.2, 0) is 0 Å². The van der Waals surface area contributed by atoms with E-state index >= 15 is 0 Å². The van der Waals surface area contributed by atoms with Crippen molar-refractivity contribution in [2.75, 3.05) is 43.5 Å². The summed E-state index contributed by atoms with van der Waals surface area (Å²) in [6.07, 6.45) is 0. The Morgan fingerprint density at radius 1 is 0.950 bits per heavy atom. The third-order valence-corrected chi connectivity index (χ3v) is 8.04. The van der Waals surface area contributed by atoms with Crippen LogP contribution in [0.1, 0.15) is 20.7 Å².